The third-order valence-corrected chi connectivity index (χ3v) is 4.13. The Morgan fingerprint density at radius 3 is 2.61 bits per heavy atom. The Labute approximate surface area is 138 Å². The standard InChI is InChI=1S/C18H26N2O3/c1-4-6-15-7-8-16(17(13-15)22-3)23-14-18(21)20-11-9-19(5-2)10-12-20/h4,7-8,13H,1,5-6,9-12,14H2,2-3H3. The van der Waals surface area contributed by atoms with Gasteiger partial charge in [0.05, 0.1) is 7.11 Å². The molecule has 1 saturated heterocycles. The molecule has 1 aromatic carbocycles. The van der Waals surface area contributed by atoms with E-state index in [4.69, 9.17) is 9.47 Å². The summed E-state index contributed by atoms with van der Waals surface area (Å²) in [5.74, 6) is 1.27. The molecule has 1 amide bonds. The molecule has 5 nitrogen and oxygen atoms in total. The van der Waals surface area contributed by atoms with E-state index >= 15 is 0 Å². The summed E-state index contributed by atoms with van der Waals surface area (Å²) in [6, 6.07) is 5.73. The van der Waals surface area contributed by atoms with Gasteiger partial charge in [-0.1, -0.05) is 19.1 Å². The zero-order chi connectivity index (χ0) is 16.7. The summed E-state index contributed by atoms with van der Waals surface area (Å²) in [6.07, 6.45) is 2.62. The molecule has 5 heteroatoms. The number of hydrogen-bond donors (Lipinski definition) is 0. The second-order valence-corrected chi connectivity index (χ2v) is 5.58. The highest BCUT2D eigenvalue weighted by Gasteiger charge is 2.20. The van der Waals surface area contributed by atoms with Crippen LogP contribution < -0.4 is 9.47 Å². The topological polar surface area (TPSA) is 42.0 Å². The summed E-state index contributed by atoms with van der Waals surface area (Å²) in [5, 5.41) is 0. The van der Waals surface area contributed by atoms with Gasteiger partial charge in [0.2, 0.25) is 0 Å². The number of rotatable bonds is 7. The summed E-state index contributed by atoms with van der Waals surface area (Å²) < 4.78 is 11.0. The second-order valence-electron chi connectivity index (χ2n) is 5.58. The monoisotopic (exact) mass is 318 g/mol. The molecule has 126 valence electrons. The van der Waals surface area contributed by atoms with Crippen LogP contribution >= 0.6 is 0 Å². The van der Waals surface area contributed by atoms with Crippen LogP contribution in [0.5, 0.6) is 11.5 Å². The zero-order valence-corrected chi connectivity index (χ0v) is 14.1. The first-order valence-electron chi connectivity index (χ1n) is 8.08. The number of piperazine rings is 1. The number of methoxy groups -OCH3 is 1. The Morgan fingerprint density at radius 1 is 1.26 bits per heavy atom. The van der Waals surface area contributed by atoms with E-state index in [0.717, 1.165) is 44.7 Å². The number of nitrogens with zero attached hydrogens (tertiary/aromatic N) is 2. The van der Waals surface area contributed by atoms with Crippen molar-refractivity contribution in [2.75, 3.05) is 46.4 Å². The number of carbonyl (C=O) groups is 1. The summed E-state index contributed by atoms with van der Waals surface area (Å²) in [6.45, 7) is 10.4. The predicted octanol–water partition coefficient (Wildman–Crippen LogP) is 1.97. The Kier molecular flexibility index (Phi) is 6.47. The molecule has 0 aliphatic carbocycles. The van der Waals surface area contributed by atoms with Crippen molar-refractivity contribution in [2.45, 2.75) is 13.3 Å². The minimum absolute atomic E-state index is 0.0259. The molecule has 23 heavy (non-hydrogen) atoms. The molecule has 0 bridgehead atoms. The lowest BCUT2D eigenvalue weighted by molar-refractivity contribution is -0.135. The van der Waals surface area contributed by atoms with E-state index in [9.17, 15) is 4.79 Å². The summed E-state index contributed by atoms with van der Waals surface area (Å²) >= 11 is 0. The van der Waals surface area contributed by atoms with Crippen LogP contribution in [-0.2, 0) is 11.2 Å². The van der Waals surface area contributed by atoms with Gasteiger partial charge in [-0.05, 0) is 30.7 Å². The van der Waals surface area contributed by atoms with Gasteiger partial charge in [-0.3, -0.25) is 4.79 Å². The maximum Gasteiger partial charge on any atom is 0.260 e. The van der Waals surface area contributed by atoms with Crippen LogP contribution in [0.2, 0.25) is 0 Å². The minimum atomic E-state index is 0.0259. The molecule has 1 fully saturated rings. The molecule has 0 spiro atoms. The average Bonchev–Trinajstić information content (AvgIpc) is 2.60. The van der Waals surface area contributed by atoms with Crippen LogP contribution in [0.15, 0.2) is 30.9 Å². The van der Waals surface area contributed by atoms with Gasteiger partial charge >= 0.3 is 0 Å². The highest BCUT2D eigenvalue weighted by molar-refractivity contribution is 5.78. The molecule has 2 rings (SSSR count). The first-order valence-corrected chi connectivity index (χ1v) is 8.08. The lowest BCUT2D eigenvalue weighted by atomic mass is 10.1. The number of likely N-dealkylation sites (N-methyl/N-ethyl adjacent to an activating group) is 1. The largest absolute Gasteiger partial charge is 0.493 e. The Morgan fingerprint density at radius 2 is 2.00 bits per heavy atom. The molecular weight excluding hydrogens is 292 g/mol. The fourth-order valence-corrected chi connectivity index (χ4v) is 2.67. The maximum atomic E-state index is 12.3. The van der Waals surface area contributed by atoms with E-state index in [1.54, 1.807) is 7.11 Å². The summed E-state index contributed by atoms with van der Waals surface area (Å²) in [7, 11) is 1.60. The molecule has 0 unspecified atom stereocenters. The number of amides is 1. The summed E-state index contributed by atoms with van der Waals surface area (Å²) in [4.78, 5) is 16.5. The highest BCUT2D eigenvalue weighted by atomic mass is 16.5. The Hall–Kier alpha value is -2.01. The van der Waals surface area contributed by atoms with Gasteiger partial charge in [-0.15, -0.1) is 6.58 Å². The first-order chi connectivity index (χ1) is 11.2. The van der Waals surface area contributed by atoms with E-state index in [1.165, 1.54) is 0 Å². The molecule has 0 radical (unpaired) electrons. The normalized spacial score (nSPS) is 15.3. The van der Waals surface area contributed by atoms with Gasteiger partial charge in [-0.25, -0.2) is 0 Å². The van der Waals surface area contributed by atoms with E-state index in [2.05, 4.69) is 18.4 Å². The number of carbonyl (C=O) groups excluding carboxylic acids is 1. The SMILES string of the molecule is C=CCc1ccc(OCC(=O)N2CCN(CC)CC2)c(OC)c1. The van der Waals surface area contributed by atoms with E-state index in [-0.39, 0.29) is 12.5 Å². The van der Waals surface area contributed by atoms with Crippen molar-refractivity contribution < 1.29 is 14.3 Å². The molecule has 0 saturated carbocycles. The van der Waals surface area contributed by atoms with Crippen molar-refractivity contribution in [3.05, 3.63) is 36.4 Å². The Balaban J connectivity index is 1.90. The third kappa shape index (κ3) is 4.73. The fourth-order valence-electron chi connectivity index (χ4n) is 2.67. The highest BCUT2D eigenvalue weighted by Crippen LogP contribution is 2.28. The van der Waals surface area contributed by atoms with Crippen molar-refractivity contribution in [2.24, 2.45) is 0 Å². The van der Waals surface area contributed by atoms with Gasteiger partial charge in [-0.2, -0.15) is 0 Å². The smallest absolute Gasteiger partial charge is 0.260 e. The number of hydrogen-bond acceptors (Lipinski definition) is 4. The van der Waals surface area contributed by atoms with Crippen LogP contribution in [0.4, 0.5) is 0 Å². The third-order valence-electron chi connectivity index (χ3n) is 4.13. The summed E-state index contributed by atoms with van der Waals surface area (Å²) in [5.41, 5.74) is 1.10. The zero-order valence-electron chi connectivity index (χ0n) is 14.1. The Bertz CT molecular complexity index is 537. The molecular formula is C18H26N2O3. The molecule has 1 aromatic rings. The van der Waals surface area contributed by atoms with Crippen molar-refractivity contribution in [3.63, 3.8) is 0 Å². The quantitative estimate of drug-likeness (QED) is 0.721. The molecule has 0 N–H and O–H groups in total. The van der Waals surface area contributed by atoms with Crippen molar-refractivity contribution in [3.8, 4) is 11.5 Å². The minimum Gasteiger partial charge on any atom is -0.493 e. The van der Waals surface area contributed by atoms with Crippen LogP contribution in [0, 0.1) is 0 Å². The van der Waals surface area contributed by atoms with E-state index in [0.29, 0.717) is 11.5 Å². The number of benzene rings is 1. The second kappa shape index (κ2) is 8.58. The molecule has 1 aliphatic heterocycles. The van der Waals surface area contributed by atoms with Gasteiger partial charge < -0.3 is 19.3 Å². The van der Waals surface area contributed by atoms with Crippen molar-refractivity contribution >= 4 is 5.91 Å². The lowest BCUT2D eigenvalue weighted by Gasteiger charge is -2.34. The predicted molar refractivity (Wildman–Crippen MR) is 91.1 cm³/mol. The average molecular weight is 318 g/mol. The number of allylic oxidation sites excluding steroid dienone is 1. The van der Waals surface area contributed by atoms with Gasteiger partial charge in [0.25, 0.3) is 5.91 Å². The number of ether oxygens (including phenoxy) is 2. The molecule has 1 aliphatic rings. The van der Waals surface area contributed by atoms with Crippen LogP contribution in [0.3, 0.4) is 0 Å². The molecule has 0 aromatic heterocycles. The van der Waals surface area contributed by atoms with Crippen molar-refractivity contribution in [1.82, 2.24) is 9.80 Å². The molecule has 0 atom stereocenters. The van der Waals surface area contributed by atoms with Gasteiger partial charge in [0, 0.05) is 26.2 Å². The van der Waals surface area contributed by atoms with E-state index in [1.807, 2.05) is 29.2 Å². The van der Waals surface area contributed by atoms with Crippen LogP contribution in [-0.4, -0.2) is 62.1 Å². The fraction of sp³-hybridized carbons (Fsp3) is 0.500. The van der Waals surface area contributed by atoms with Crippen LogP contribution in [0.25, 0.3) is 0 Å². The molecule has 1 heterocycles. The van der Waals surface area contributed by atoms with E-state index < -0.39 is 0 Å². The maximum absolute atomic E-state index is 12.3. The van der Waals surface area contributed by atoms with Gasteiger partial charge in [0.1, 0.15) is 0 Å². The first kappa shape index (κ1) is 17.3. The van der Waals surface area contributed by atoms with Crippen molar-refractivity contribution in [1.29, 1.82) is 0 Å². The van der Waals surface area contributed by atoms with Gasteiger partial charge in [0.15, 0.2) is 18.1 Å². The van der Waals surface area contributed by atoms with Crippen LogP contribution in [0.1, 0.15) is 12.5 Å². The lowest BCUT2D eigenvalue weighted by Crippen LogP contribution is -2.49.